The molecule has 0 unspecified atom stereocenters. The summed E-state index contributed by atoms with van der Waals surface area (Å²) in [6, 6.07) is 6.62. The number of ether oxygens (including phenoxy) is 3. The van der Waals surface area contributed by atoms with Crippen molar-refractivity contribution in [3.63, 3.8) is 0 Å². The van der Waals surface area contributed by atoms with Crippen LogP contribution in [0, 0.1) is 0 Å². The minimum absolute atomic E-state index is 0.336. The largest absolute Gasteiger partial charge is 0.493 e. The van der Waals surface area contributed by atoms with Crippen molar-refractivity contribution < 1.29 is 19.0 Å². The van der Waals surface area contributed by atoms with E-state index >= 15 is 0 Å². The van der Waals surface area contributed by atoms with E-state index in [9.17, 15) is 4.79 Å². The summed E-state index contributed by atoms with van der Waals surface area (Å²) in [5, 5.41) is 3.92. The number of carbonyl (C=O) groups is 1. The van der Waals surface area contributed by atoms with E-state index in [1.54, 1.807) is 24.3 Å². The summed E-state index contributed by atoms with van der Waals surface area (Å²) in [6.45, 7) is 0. The van der Waals surface area contributed by atoms with Crippen LogP contribution in [-0.4, -0.2) is 32.2 Å². The minimum Gasteiger partial charge on any atom is -0.493 e. The van der Waals surface area contributed by atoms with Crippen molar-refractivity contribution in [3.8, 4) is 17.2 Å². The first-order chi connectivity index (χ1) is 12.5. The molecular weight excluding hydrogens is 399 g/mol. The zero-order valence-electron chi connectivity index (χ0n) is 14.1. The van der Waals surface area contributed by atoms with E-state index in [4.69, 9.17) is 37.4 Å². The first-order valence-corrected chi connectivity index (χ1v) is 8.91. The number of methoxy groups -OCH3 is 3. The molecule has 1 heterocycles. The number of fused-ring (bicyclic) bond motifs is 1. The number of amides is 1. The van der Waals surface area contributed by atoms with Crippen molar-refractivity contribution in [2.24, 2.45) is 0 Å². The second-order valence-corrected chi connectivity index (χ2v) is 6.91. The molecule has 0 radical (unpaired) electrons. The van der Waals surface area contributed by atoms with Gasteiger partial charge in [-0.15, -0.1) is 0 Å². The SMILES string of the molecule is COc1cc(C(=O)Nc2nc3c(Cl)c(Cl)ccc3s2)cc(OC)c1OC. The van der Waals surface area contributed by atoms with Crippen LogP contribution in [0.5, 0.6) is 17.2 Å². The van der Waals surface area contributed by atoms with Gasteiger partial charge in [0, 0.05) is 5.56 Å². The average Bonchev–Trinajstić information content (AvgIpc) is 3.06. The molecule has 3 rings (SSSR count). The Hall–Kier alpha value is -2.22. The Kier molecular flexibility index (Phi) is 5.41. The second kappa shape index (κ2) is 7.57. The summed E-state index contributed by atoms with van der Waals surface area (Å²) in [5.74, 6) is 0.811. The molecule has 0 aliphatic rings. The highest BCUT2D eigenvalue weighted by Gasteiger charge is 2.18. The van der Waals surface area contributed by atoms with Crippen molar-refractivity contribution in [1.82, 2.24) is 4.98 Å². The lowest BCUT2D eigenvalue weighted by molar-refractivity contribution is 0.102. The normalized spacial score (nSPS) is 10.7. The van der Waals surface area contributed by atoms with Crippen LogP contribution in [0.1, 0.15) is 10.4 Å². The third-order valence-electron chi connectivity index (χ3n) is 3.60. The number of rotatable bonds is 5. The predicted molar refractivity (Wildman–Crippen MR) is 104 cm³/mol. The standard InChI is InChI=1S/C17H14Cl2N2O4S/c1-23-10-6-8(7-11(24-2)15(10)25-3)16(22)21-17-20-14-12(26-17)5-4-9(18)13(14)19/h4-7H,1-3H3,(H,20,21,22). The van der Waals surface area contributed by atoms with Crippen LogP contribution in [0.25, 0.3) is 10.2 Å². The third-order valence-corrected chi connectivity index (χ3v) is 5.33. The van der Waals surface area contributed by atoms with Crippen LogP contribution < -0.4 is 19.5 Å². The first kappa shape index (κ1) is 18.6. The quantitative estimate of drug-likeness (QED) is 0.646. The zero-order chi connectivity index (χ0) is 18.8. The van der Waals surface area contributed by atoms with Gasteiger partial charge in [0.05, 0.1) is 36.1 Å². The van der Waals surface area contributed by atoms with Crippen molar-refractivity contribution in [3.05, 3.63) is 39.9 Å². The van der Waals surface area contributed by atoms with Gasteiger partial charge in [-0.1, -0.05) is 34.5 Å². The van der Waals surface area contributed by atoms with E-state index in [-0.39, 0.29) is 5.91 Å². The predicted octanol–water partition coefficient (Wildman–Crippen LogP) is 4.88. The maximum atomic E-state index is 12.6. The molecule has 0 fully saturated rings. The van der Waals surface area contributed by atoms with Crippen LogP contribution in [0.2, 0.25) is 10.0 Å². The lowest BCUT2D eigenvalue weighted by Gasteiger charge is -2.13. The summed E-state index contributed by atoms with van der Waals surface area (Å²) in [5.41, 5.74) is 0.882. The molecule has 26 heavy (non-hydrogen) atoms. The van der Waals surface area contributed by atoms with Crippen LogP contribution in [0.3, 0.4) is 0 Å². The van der Waals surface area contributed by atoms with Crippen LogP contribution in [0.15, 0.2) is 24.3 Å². The van der Waals surface area contributed by atoms with Crippen molar-refractivity contribution in [2.45, 2.75) is 0 Å². The Morgan fingerprint density at radius 2 is 1.73 bits per heavy atom. The average molecular weight is 413 g/mol. The fourth-order valence-electron chi connectivity index (χ4n) is 2.37. The van der Waals surface area contributed by atoms with Crippen molar-refractivity contribution >= 4 is 55.8 Å². The molecule has 0 bridgehead atoms. The van der Waals surface area contributed by atoms with Gasteiger partial charge in [0.25, 0.3) is 5.91 Å². The van der Waals surface area contributed by atoms with Crippen molar-refractivity contribution in [1.29, 1.82) is 0 Å². The lowest BCUT2D eigenvalue weighted by Crippen LogP contribution is -2.12. The molecule has 1 N–H and O–H groups in total. The van der Waals surface area contributed by atoms with Gasteiger partial charge in [-0.2, -0.15) is 0 Å². The molecule has 6 nitrogen and oxygen atoms in total. The summed E-state index contributed by atoms with van der Waals surface area (Å²) in [4.78, 5) is 17.0. The molecule has 136 valence electrons. The fraction of sp³-hybridized carbons (Fsp3) is 0.176. The van der Waals surface area contributed by atoms with Gasteiger partial charge in [-0.25, -0.2) is 4.98 Å². The number of carbonyl (C=O) groups excluding carboxylic acids is 1. The summed E-state index contributed by atoms with van der Waals surface area (Å²) in [6.07, 6.45) is 0. The molecule has 2 aromatic carbocycles. The Bertz CT molecular complexity index is 965. The fourth-order valence-corrected chi connectivity index (χ4v) is 3.66. The monoisotopic (exact) mass is 412 g/mol. The highest BCUT2D eigenvalue weighted by molar-refractivity contribution is 7.22. The van der Waals surface area contributed by atoms with Crippen LogP contribution in [-0.2, 0) is 0 Å². The molecule has 0 atom stereocenters. The van der Waals surface area contributed by atoms with Gasteiger partial charge in [0.1, 0.15) is 5.52 Å². The van der Waals surface area contributed by atoms with Gasteiger partial charge in [0.2, 0.25) is 5.75 Å². The molecular formula is C17H14Cl2N2O4S. The number of halogens is 2. The maximum absolute atomic E-state index is 12.6. The highest BCUT2D eigenvalue weighted by atomic mass is 35.5. The Labute approximate surface area is 163 Å². The molecule has 1 amide bonds. The van der Waals surface area contributed by atoms with E-state index in [1.165, 1.54) is 32.7 Å². The first-order valence-electron chi connectivity index (χ1n) is 7.34. The smallest absolute Gasteiger partial charge is 0.257 e. The van der Waals surface area contributed by atoms with E-state index < -0.39 is 0 Å². The molecule has 1 aromatic heterocycles. The highest BCUT2D eigenvalue weighted by Crippen LogP contribution is 2.39. The molecule has 9 heteroatoms. The Morgan fingerprint density at radius 1 is 1.08 bits per heavy atom. The maximum Gasteiger partial charge on any atom is 0.257 e. The Morgan fingerprint density at radius 3 is 2.31 bits per heavy atom. The number of benzene rings is 2. The number of hydrogen-bond donors (Lipinski definition) is 1. The number of aromatic nitrogens is 1. The van der Waals surface area contributed by atoms with Gasteiger partial charge < -0.3 is 14.2 Å². The van der Waals surface area contributed by atoms with Crippen LogP contribution >= 0.6 is 34.5 Å². The van der Waals surface area contributed by atoms with E-state index in [0.717, 1.165) is 4.70 Å². The summed E-state index contributed by atoms with van der Waals surface area (Å²) >= 11 is 13.5. The summed E-state index contributed by atoms with van der Waals surface area (Å²) in [7, 11) is 4.46. The Balaban J connectivity index is 1.94. The van der Waals surface area contributed by atoms with Gasteiger partial charge >= 0.3 is 0 Å². The number of anilines is 1. The van der Waals surface area contributed by atoms with E-state index in [2.05, 4.69) is 10.3 Å². The topological polar surface area (TPSA) is 69.7 Å². The van der Waals surface area contributed by atoms with Gasteiger partial charge in [-0.3, -0.25) is 10.1 Å². The molecule has 0 saturated heterocycles. The number of thiazole rings is 1. The molecule has 0 aliphatic carbocycles. The molecule has 0 saturated carbocycles. The molecule has 3 aromatic rings. The van der Waals surface area contributed by atoms with E-state index in [0.29, 0.717) is 43.5 Å². The third kappa shape index (κ3) is 3.38. The molecule has 0 spiro atoms. The zero-order valence-corrected chi connectivity index (χ0v) is 16.4. The molecule has 0 aliphatic heterocycles. The van der Waals surface area contributed by atoms with E-state index in [1.807, 2.05) is 0 Å². The summed E-state index contributed by atoms with van der Waals surface area (Å²) < 4.78 is 16.6. The minimum atomic E-state index is -0.370. The lowest BCUT2D eigenvalue weighted by atomic mass is 10.1. The number of nitrogens with zero attached hydrogens (tertiary/aromatic N) is 1. The number of nitrogens with one attached hydrogen (secondary N) is 1. The second-order valence-electron chi connectivity index (χ2n) is 5.10. The van der Waals surface area contributed by atoms with Gasteiger partial charge in [0.15, 0.2) is 16.6 Å². The van der Waals surface area contributed by atoms with Crippen LogP contribution in [0.4, 0.5) is 5.13 Å². The van der Waals surface area contributed by atoms with Crippen molar-refractivity contribution in [2.75, 3.05) is 26.6 Å². The number of hydrogen-bond acceptors (Lipinski definition) is 6. The van der Waals surface area contributed by atoms with Gasteiger partial charge in [-0.05, 0) is 24.3 Å².